The van der Waals surface area contributed by atoms with Gasteiger partial charge in [0.05, 0.1) is 11.1 Å². The van der Waals surface area contributed by atoms with Gasteiger partial charge >= 0.3 is 0 Å². The van der Waals surface area contributed by atoms with E-state index in [-0.39, 0.29) is 5.91 Å². The first-order valence-corrected chi connectivity index (χ1v) is 7.90. The van der Waals surface area contributed by atoms with E-state index in [1.54, 1.807) is 11.9 Å². The summed E-state index contributed by atoms with van der Waals surface area (Å²) in [5, 5.41) is 3.27. The number of nitrogens with zero attached hydrogens (tertiary/aromatic N) is 3. The third-order valence-electron chi connectivity index (χ3n) is 4.03. The summed E-state index contributed by atoms with van der Waals surface area (Å²) in [6.45, 7) is 7.93. The number of aromatic nitrogens is 2. The lowest BCUT2D eigenvalue weighted by Crippen LogP contribution is -2.39. The minimum absolute atomic E-state index is 0.0344. The van der Waals surface area contributed by atoms with Gasteiger partial charge in [0, 0.05) is 24.5 Å². The van der Waals surface area contributed by atoms with Crippen LogP contribution < -0.4 is 15.0 Å². The van der Waals surface area contributed by atoms with Crippen LogP contribution in [-0.4, -0.2) is 29.5 Å². The highest BCUT2D eigenvalue weighted by molar-refractivity contribution is 5.99. The number of carbonyl (C=O) groups excluding carboxylic acids is 1. The molecule has 126 valence electrons. The summed E-state index contributed by atoms with van der Waals surface area (Å²) in [4.78, 5) is 22.9. The first-order valence-electron chi connectivity index (χ1n) is 7.90. The molecule has 1 aliphatic rings. The number of fused-ring (bicyclic) bond motifs is 1. The van der Waals surface area contributed by atoms with E-state index >= 15 is 0 Å². The molecule has 1 N–H and O–H groups in total. The summed E-state index contributed by atoms with van der Waals surface area (Å²) in [5.41, 5.74) is 1.94. The minimum atomic E-state index is -0.553. The average Bonchev–Trinajstić information content (AvgIpc) is 2.58. The summed E-state index contributed by atoms with van der Waals surface area (Å²) in [5.74, 6) is 2.18. The van der Waals surface area contributed by atoms with Crippen molar-refractivity contribution in [1.29, 1.82) is 0 Å². The number of anilines is 3. The third kappa shape index (κ3) is 3.04. The molecule has 0 spiro atoms. The molecular formula is C18H22N4O2. The molecule has 24 heavy (non-hydrogen) atoms. The van der Waals surface area contributed by atoms with Gasteiger partial charge in [-0.25, -0.2) is 9.97 Å². The number of hydrogen-bond donors (Lipinski definition) is 1. The normalized spacial score (nSPS) is 16.2. The van der Waals surface area contributed by atoms with Crippen LogP contribution in [0.1, 0.15) is 25.4 Å². The number of ether oxygens (including phenoxy) is 1. The van der Waals surface area contributed by atoms with Gasteiger partial charge in [-0.05, 0) is 45.9 Å². The molecule has 1 aromatic heterocycles. The number of rotatable bonds is 2. The molecule has 1 aliphatic heterocycles. The van der Waals surface area contributed by atoms with E-state index < -0.39 is 5.41 Å². The molecule has 0 bridgehead atoms. The Morgan fingerprint density at radius 3 is 2.67 bits per heavy atom. The Morgan fingerprint density at radius 2 is 1.96 bits per heavy atom. The Bertz CT molecular complexity index is 781. The second-order valence-electron chi connectivity index (χ2n) is 6.79. The van der Waals surface area contributed by atoms with Crippen LogP contribution in [0, 0.1) is 19.3 Å². The van der Waals surface area contributed by atoms with Crippen LogP contribution in [0.4, 0.5) is 17.2 Å². The Morgan fingerprint density at radius 1 is 1.21 bits per heavy atom. The second-order valence-corrected chi connectivity index (χ2v) is 6.79. The first-order chi connectivity index (χ1) is 11.3. The van der Waals surface area contributed by atoms with Crippen LogP contribution in [0.5, 0.6) is 5.75 Å². The van der Waals surface area contributed by atoms with E-state index in [9.17, 15) is 4.79 Å². The highest BCUT2D eigenvalue weighted by Crippen LogP contribution is 2.37. The van der Waals surface area contributed by atoms with Crippen molar-refractivity contribution < 1.29 is 9.53 Å². The van der Waals surface area contributed by atoms with Gasteiger partial charge in [0.2, 0.25) is 5.91 Å². The van der Waals surface area contributed by atoms with Crippen LogP contribution >= 0.6 is 0 Å². The number of amides is 1. The zero-order valence-corrected chi connectivity index (χ0v) is 14.7. The van der Waals surface area contributed by atoms with Crippen molar-refractivity contribution in [2.45, 2.75) is 27.7 Å². The molecule has 1 amide bonds. The van der Waals surface area contributed by atoms with Gasteiger partial charge < -0.3 is 15.0 Å². The van der Waals surface area contributed by atoms with Gasteiger partial charge in [-0.3, -0.25) is 4.79 Å². The molecule has 3 rings (SSSR count). The molecular weight excluding hydrogens is 304 g/mol. The van der Waals surface area contributed by atoms with Crippen LogP contribution in [0.2, 0.25) is 0 Å². The van der Waals surface area contributed by atoms with Gasteiger partial charge in [-0.15, -0.1) is 0 Å². The molecule has 2 heterocycles. The van der Waals surface area contributed by atoms with Crippen molar-refractivity contribution in [2.24, 2.45) is 5.41 Å². The molecule has 0 atom stereocenters. The lowest BCUT2D eigenvalue weighted by Gasteiger charge is -2.24. The number of hydrogen-bond acceptors (Lipinski definition) is 5. The Hall–Kier alpha value is -2.63. The molecule has 0 saturated heterocycles. The van der Waals surface area contributed by atoms with Gasteiger partial charge in [0.25, 0.3) is 0 Å². The summed E-state index contributed by atoms with van der Waals surface area (Å²) in [6, 6.07) is 7.58. The zero-order valence-electron chi connectivity index (χ0n) is 14.7. The molecule has 2 aromatic rings. The van der Waals surface area contributed by atoms with Gasteiger partial charge in [-0.2, -0.15) is 0 Å². The first kappa shape index (κ1) is 16.2. The number of carbonyl (C=O) groups is 1. The van der Waals surface area contributed by atoms with E-state index in [1.165, 1.54) is 0 Å². The summed E-state index contributed by atoms with van der Waals surface area (Å²) >= 11 is 0. The number of nitrogens with one attached hydrogen (secondary N) is 1. The fraction of sp³-hybridized carbons (Fsp3) is 0.389. The molecule has 0 saturated carbocycles. The predicted octanol–water partition coefficient (Wildman–Crippen LogP) is 3.22. The summed E-state index contributed by atoms with van der Waals surface area (Å²) in [6.07, 6.45) is 0. The van der Waals surface area contributed by atoms with Crippen LogP contribution in [0.25, 0.3) is 0 Å². The Kier molecular flexibility index (Phi) is 3.91. The molecule has 0 fully saturated rings. The standard InChI is InChI=1S/C18H22N4O2/c1-11-8-16(20-12(2)19-11)21-13-6-7-15-14(9-13)22(5)17(23)18(3,4)10-24-15/h6-9H,10H2,1-5H3,(H,19,20,21). The lowest BCUT2D eigenvalue weighted by atomic mass is 9.93. The zero-order chi connectivity index (χ0) is 17.5. The molecule has 6 heteroatoms. The van der Waals surface area contributed by atoms with E-state index in [4.69, 9.17) is 4.74 Å². The van der Waals surface area contributed by atoms with Gasteiger partial charge in [0.15, 0.2) is 0 Å². The Balaban J connectivity index is 1.94. The van der Waals surface area contributed by atoms with Crippen molar-refractivity contribution in [3.8, 4) is 5.75 Å². The van der Waals surface area contributed by atoms with Gasteiger partial charge in [0.1, 0.15) is 24.0 Å². The van der Waals surface area contributed by atoms with Crippen LogP contribution in [0.15, 0.2) is 24.3 Å². The largest absolute Gasteiger partial charge is 0.490 e. The highest BCUT2D eigenvalue weighted by Gasteiger charge is 2.36. The van der Waals surface area contributed by atoms with Crippen molar-refractivity contribution in [1.82, 2.24) is 9.97 Å². The fourth-order valence-corrected chi connectivity index (χ4v) is 2.79. The molecule has 1 aromatic carbocycles. The van der Waals surface area contributed by atoms with Crippen molar-refractivity contribution in [3.05, 3.63) is 35.8 Å². The maximum atomic E-state index is 12.6. The topological polar surface area (TPSA) is 67.4 Å². The van der Waals surface area contributed by atoms with Gasteiger partial charge in [-0.1, -0.05) is 0 Å². The molecule has 6 nitrogen and oxygen atoms in total. The van der Waals surface area contributed by atoms with Crippen LogP contribution in [-0.2, 0) is 4.79 Å². The van der Waals surface area contributed by atoms with E-state index in [2.05, 4.69) is 15.3 Å². The molecule has 0 unspecified atom stereocenters. The van der Waals surface area contributed by atoms with E-state index in [0.717, 1.165) is 22.9 Å². The quantitative estimate of drug-likeness (QED) is 0.918. The van der Waals surface area contributed by atoms with Crippen molar-refractivity contribution >= 4 is 23.1 Å². The monoisotopic (exact) mass is 326 g/mol. The summed E-state index contributed by atoms with van der Waals surface area (Å²) < 4.78 is 5.83. The molecule has 0 radical (unpaired) electrons. The fourth-order valence-electron chi connectivity index (χ4n) is 2.79. The van der Waals surface area contributed by atoms with E-state index in [1.807, 2.05) is 52.0 Å². The maximum Gasteiger partial charge on any atom is 0.235 e. The SMILES string of the molecule is Cc1cc(Nc2ccc3c(c2)N(C)C(=O)C(C)(C)CO3)nc(C)n1. The lowest BCUT2D eigenvalue weighted by molar-refractivity contribution is -0.127. The van der Waals surface area contributed by atoms with E-state index in [0.29, 0.717) is 18.2 Å². The smallest absolute Gasteiger partial charge is 0.235 e. The average molecular weight is 326 g/mol. The number of benzene rings is 1. The second kappa shape index (κ2) is 5.78. The maximum absolute atomic E-state index is 12.6. The predicted molar refractivity (Wildman–Crippen MR) is 93.9 cm³/mol. The number of aryl methyl sites for hydroxylation is 2. The highest BCUT2D eigenvalue weighted by atomic mass is 16.5. The Labute approximate surface area is 141 Å². The third-order valence-corrected chi connectivity index (χ3v) is 4.03. The molecule has 0 aliphatic carbocycles. The summed E-state index contributed by atoms with van der Waals surface area (Å²) in [7, 11) is 1.78. The minimum Gasteiger partial charge on any atom is -0.490 e. The van der Waals surface area contributed by atoms with Crippen LogP contribution in [0.3, 0.4) is 0 Å². The van der Waals surface area contributed by atoms with Crippen molar-refractivity contribution in [3.63, 3.8) is 0 Å². The van der Waals surface area contributed by atoms with Crippen molar-refractivity contribution in [2.75, 3.05) is 23.9 Å².